The molecule has 0 radical (unpaired) electrons. The average Bonchev–Trinajstić information content (AvgIpc) is 3.01. The molecule has 0 bridgehead atoms. The molecule has 0 saturated heterocycles. The zero-order chi connectivity index (χ0) is 29.0. The molecule has 41 heavy (non-hydrogen) atoms. The van der Waals surface area contributed by atoms with Gasteiger partial charge in [-0.15, -0.1) is 0 Å². The highest BCUT2D eigenvalue weighted by Crippen LogP contribution is 2.31. The van der Waals surface area contributed by atoms with E-state index >= 15 is 0 Å². The van der Waals surface area contributed by atoms with Crippen molar-refractivity contribution in [2.24, 2.45) is 0 Å². The van der Waals surface area contributed by atoms with Crippen LogP contribution in [0, 0.1) is 0 Å². The van der Waals surface area contributed by atoms with E-state index in [0.717, 1.165) is 23.7 Å². The van der Waals surface area contributed by atoms with Crippen LogP contribution in [0.25, 0.3) is 0 Å². The fourth-order valence-corrected chi connectivity index (χ4v) is 4.09. The minimum absolute atomic E-state index is 0.148. The first-order valence-corrected chi connectivity index (χ1v) is 14.1. The second kappa shape index (κ2) is 18.9. The predicted molar refractivity (Wildman–Crippen MR) is 164 cm³/mol. The van der Waals surface area contributed by atoms with Gasteiger partial charge in [-0.2, -0.15) is 0 Å². The predicted octanol–water partition coefficient (Wildman–Crippen LogP) is 7.85. The van der Waals surface area contributed by atoms with Crippen LogP contribution in [-0.2, 0) is 20.6 Å². The highest BCUT2D eigenvalue weighted by atomic mass is 16.5. The van der Waals surface area contributed by atoms with Crippen LogP contribution in [0.2, 0.25) is 0 Å². The topological polar surface area (TPSA) is 55.4 Å². The molecule has 0 heterocycles. The van der Waals surface area contributed by atoms with Crippen molar-refractivity contribution in [3.05, 3.63) is 127 Å². The number of allylic oxidation sites excluding steroid dienone is 3. The van der Waals surface area contributed by atoms with Crippen LogP contribution in [0.4, 0.5) is 0 Å². The first-order chi connectivity index (χ1) is 20.2. The SMILES string of the molecule is CC=COCCOc1ccc(CC(c2ccc(OCCOC=CC)cc2)c2ccc(OCCOC=CC)cc2)cc1. The molecule has 3 aromatic carbocycles. The number of ether oxygens (including phenoxy) is 6. The van der Waals surface area contributed by atoms with Crippen molar-refractivity contribution in [1.82, 2.24) is 0 Å². The number of rotatable bonds is 19. The van der Waals surface area contributed by atoms with E-state index in [1.54, 1.807) is 18.8 Å². The minimum Gasteiger partial charge on any atom is -0.498 e. The Morgan fingerprint density at radius 2 is 0.805 bits per heavy atom. The highest BCUT2D eigenvalue weighted by molar-refractivity contribution is 5.40. The maximum Gasteiger partial charge on any atom is 0.122 e. The summed E-state index contributed by atoms with van der Waals surface area (Å²) in [7, 11) is 0. The Bertz CT molecular complexity index is 1120. The van der Waals surface area contributed by atoms with Crippen LogP contribution in [-0.4, -0.2) is 39.6 Å². The first kappa shape index (κ1) is 31.2. The maximum atomic E-state index is 5.84. The molecule has 6 heteroatoms. The number of hydrogen-bond donors (Lipinski definition) is 0. The van der Waals surface area contributed by atoms with Crippen LogP contribution in [0.1, 0.15) is 43.4 Å². The summed E-state index contributed by atoms with van der Waals surface area (Å²) in [6, 6.07) is 24.9. The van der Waals surface area contributed by atoms with Gasteiger partial charge in [-0.3, -0.25) is 0 Å². The molecule has 0 aliphatic carbocycles. The van der Waals surface area contributed by atoms with Gasteiger partial charge < -0.3 is 28.4 Å². The third-order valence-corrected chi connectivity index (χ3v) is 6.03. The summed E-state index contributed by atoms with van der Waals surface area (Å²) in [6.45, 7) is 8.77. The van der Waals surface area contributed by atoms with Crippen molar-refractivity contribution in [1.29, 1.82) is 0 Å². The van der Waals surface area contributed by atoms with E-state index < -0.39 is 0 Å². The molecule has 0 aliphatic rings. The average molecular weight is 559 g/mol. The van der Waals surface area contributed by atoms with E-state index in [-0.39, 0.29) is 5.92 Å². The van der Waals surface area contributed by atoms with Crippen LogP contribution in [0.15, 0.2) is 110 Å². The molecular weight excluding hydrogens is 516 g/mol. The van der Waals surface area contributed by atoms with Gasteiger partial charge in [-0.25, -0.2) is 0 Å². The summed E-state index contributed by atoms with van der Waals surface area (Å²) < 4.78 is 33.5. The Kier molecular flexibility index (Phi) is 14.4. The molecule has 6 nitrogen and oxygen atoms in total. The second-order valence-corrected chi connectivity index (χ2v) is 9.10. The molecule has 0 N–H and O–H groups in total. The normalized spacial score (nSPS) is 12.1. The monoisotopic (exact) mass is 558 g/mol. The van der Waals surface area contributed by atoms with Crippen molar-refractivity contribution in [3.63, 3.8) is 0 Å². The van der Waals surface area contributed by atoms with Gasteiger partial charge in [0.2, 0.25) is 0 Å². The maximum absolute atomic E-state index is 5.84. The lowest BCUT2D eigenvalue weighted by Crippen LogP contribution is -2.08. The van der Waals surface area contributed by atoms with E-state index in [2.05, 4.69) is 36.4 Å². The summed E-state index contributed by atoms with van der Waals surface area (Å²) in [5.41, 5.74) is 3.63. The van der Waals surface area contributed by atoms with Crippen molar-refractivity contribution in [3.8, 4) is 17.2 Å². The molecule has 0 aliphatic heterocycles. The zero-order valence-corrected chi connectivity index (χ0v) is 24.4. The van der Waals surface area contributed by atoms with Gasteiger partial charge in [0.05, 0.1) is 18.8 Å². The molecule has 0 aromatic heterocycles. The molecule has 3 rings (SSSR count). The van der Waals surface area contributed by atoms with Crippen molar-refractivity contribution in [2.45, 2.75) is 33.1 Å². The van der Waals surface area contributed by atoms with Gasteiger partial charge in [-0.1, -0.05) is 54.6 Å². The lowest BCUT2D eigenvalue weighted by Gasteiger charge is -2.20. The minimum atomic E-state index is 0.148. The summed E-state index contributed by atoms with van der Waals surface area (Å²) in [5.74, 6) is 2.62. The number of benzene rings is 3. The van der Waals surface area contributed by atoms with Crippen LogP contribution in [0.5, 0.6) is 17.2 Å². The lowest BCUT2D eigenvalue weighted by molar-refractivity contribution is 0.178. The van der Waals surface area contributed by atoms with E-state index in [9.17, 15) is 0 Å². The van der Waals surface area contributed by atoms with Gasteiger partial charge >= 0.3 is 0 Å². The molecule has 0 amide bonds. The van der Waals surface area contributed by atoms with E-state index in [0.29, 0.717) is 39.6 Å². The van der Waals surface area contributed by atoms with Gasteiger partial charge in [0.15, 0.2) is 0 Å². The Morgan fingerprint density at radius 3 is 1.15 bits per heavy atom. The van der Waals surface area contributed by atoms with Crippen LogP contribution < -0.4 is 14.2 Å². The van der Waals surface area contributed by atoms with Crippen molar-refractivity contribution in [2.75, 3.05) is 39.6 Å². The fraction of sp³-hybridized carbons (Fsp3) is 0.314. The summed E-state index contributed by atoms with van der Waals surface area (Å²) in [6.07, 6.45) is 11.4. The molecule has 0 fully saturated rings. The number of hydrogen-bond acceptors (Lipinski definition) is 6. The van der Waals surface area contributed by atoms with Crippen molar-refractivity contribution >= 4 is 0 Å². The fourth-order valence-electron chi connectivity index (χ4n) is 4.09. The third kappa shape index (κ3) is 11.8. The van der Waals surface area contributed by atoms with E-state index in [1.165, 1.54) is 16.7 Å². The highest BCUT2D eigenvalue weighted by Gasteiger charge is 2.16. The molecule has 3 aromatic rings. The Labute approximate surface area is 244 Å². The molecule has 0 spiro atoms. The molecule has 0 atom stereocenters. The van der Waals surface area contributed by atoms with Crippen LogP contribution in [0.3, 0.4) is 0 Å². The van der Waals surface area contributed by atoms with Gasteiger partial charge in [0.1, 0.15) is 56.9 Å². The molecule has 218 valence electrons. The smallest absolute Gasteiger partial charge is 0.122 e. The largest absolute Gasteiger partial charge is 0.498 e. The van der Waals surface area contributed by atoms with E-state index in [1.807, 2.05) is 75.4 Å². The zero-order valence-electron chi connectivity index (χ0n) is 24.4. The Hall–Kier alpha value is -4.32. The first-order valence-electron chi connectivity index (χ1n) is 14.1. The third-order valence-electron chi connectivity index (χ3n) is 6.03. The quantitative estimate of drug-likeness (QED) is 0.110. The second-order valence-electron chi connectivity index (χ2n) is 9.10. The van der Waals surface area contributed by atoms with E-state index in [4.69, 9.17) is 28.4 Å². The summed E-state index contributed by atoms with van der Waals surface area (Å²) in [5, 5.41) is 0. The summed E-state index contributed by atoms with van der Waals surface area (Å²) >= 11 is 0. The lowest BCUT2D eigenvalue weighted by atomic mass is 9.86. The van der Waals surface area contributed by atoms with Gasteiger partial charge in [0, 0.05) is 5.92 Å². The standard InChI is InChI=1S/C35H42O6/c1-4-19-36-22-25-39-32-13-7-29(8-14-32)28-35(30-9-15-33(16-10-30)40-26-23-37-20-5-2)31-11-17-34(18-12-31)41-27-24-38-21-6-3/h4-21,35H,22-28H2,1-3H3. The Balaban J connectivity index is 1.69. The Morgan fingerprint density at radius 1 is 0.463 bits per heavy atom. The van der Waals surface area contributed by atoms with Gasteiger partial charge in [-0.05, 0) is 80.3 Å². The molecule has 0 saturated carbocycles. The summed E-state index contributed by atoms with van der Waals surface area (Å²) in [4.78, 5) is 0. The van der Waals surface area contributed by atoms with Gasteiger partial charge in [0.25, 0.3) is 0 Å². The molecule has 0 unspecified atom stereocenters. The molecular formula is C35H42O6. The van der Waals surface area contributed by atoms with Crippen molar-refractivity contribution < 1.29 is 28.4 Å². The van der Waals surface area contributed by atoms with Crippen LogP contribution >= 0.6 is 0 Å².